The second-order valence-corrected chi connectivity index (χ2v) is 9.01. The lowest BCUT2D eigenvalue weighted by molar-refractivity contribution is 0.0102. The predicted molar refractivity (Wildman–Crippen MR) is 118 cm³/mol. The van der Waals surface area contributed by atoms with Crippen molar-refractivity contribution >= 4 is 40.5 Å². The fourth-order valence-electron chi connectivity index (χ4n) is 4.28. The molecule has 4 aliphatic rings. The third kappa shape index (κ3) is 3.76. The van der Waals surface area contributed by atoms with Gasteiger partial charge in [0.25, 0.3) is 0 Å². The van der Waals surface area contributed by atoms with E-state index >= 15 is 0 Å². The smallest absolute Gasteiger partial charge is 0.407 e. The number of carbonyl (C=O) groups is 2. The van der Waals surface area contributed by atoms with Crippen LogP contribution in [0.3, 0.4) is 0 Å². The molecule has 10 heteroatoms. The molecule has 5 rings (SSSR count). The van der Waals surface area contributed by atoms with Gasteiger partial charge in [-0.05, 0) is 11.1 Å². The zero-order chi connectivity index (χ0) is 21.4. The highest BCUT2D eigenvalue weighted by Gasteiger charge is 2.44. The van der Waals surface area contributed by atoms with E-state index in [9.17, 15) is 9.59 Å². The summed E-state index contributed by atoms with van der Waals surface area (Å²) in [6.07, 6.45) is 2.68. The summed E-state index contributed by atoms with van der Waals surface area (Å²) in [7, 11) is 1.59. The van der Waals surface area contributed by atoms with E-state index in [1.165, 1.54) is 11.8 Å². The molecular weight excluding hydrogens is 418 g/mol. The van der Waals surface area contributed by atoms with Gasteiger partial charge in [0, 0.05) is 32.1 Å². The molecule has 0 saturated carbocycles. The van der Waals surface area contributed by atoms with Gasteiger partial charge >= 0.3 is 12.1 Å². The number of hydrogen-bond acceptors (Lipinski definition) is 7. The van der Waals surface area contributed by atoms with Crippen molar-refractivity contribution < 1.29 is 19.1 Å². The van der Waals surface area contributed by atoms with Crippen molar-refractivity contribution in [2.45, 2.75) is 29.7 Å². The van der Waals surface area contributed by atoms with E-state index in [2.05, 4.69) is 15.6 Å². The van der Waals surface area contributed by atoms with Gasteiger partial charge in [-0.2, -0.15) is 0 Å². The molecule has 0 radical (unpaired) electrons. The van der Waals surface area contributed by atoms with Gasteiger partial charge in [0.05, 0.1) is 18.9 Å². The molecule has 9 nitrogen and oxygen atoms in total. The van der Waals surface area contributed by atoms with Crippen LogP contribution in [0.4, 0.5) is 9.59 Å². The Labute approximate surface area is 184 Å². The van der Waals surface area contributed by atoms with Crippen molar-refractivity contribution in [3.8, 4) is 0 Å². The van der Waals surface area contributed by atoms with E-state index in [0.717, 1.165) is 11.1 Å². The van der Waals surface area contributed by atoms with Crippen LogP contribution in [0, 0.1) is 0 Å². The Hall–Kier alpha value is -3.01. The van der Waals surface area contributed by atoms with Crippen LogP contribution in [0.25, 0.3) is 5.57 Å². The van der Waals surface area contributed by atoms with Crippen molar-refractivity contribution in [2.24, 2.45) is 9.98 Å². The lowest BCUT2D eigenvalue weighted by Crippen LogP contribution is -2.51. The number of rotatable bonds is 1. The van der Waals surface area contributed by atoms with Crippen LogP contribution >= 0.6 is 11.8 Å². The minimum atomic E-state index is -0.484. The number of ether oxygens (including phenoxy) is 2. The number of piperidine rings is 1. The molecule has 2 atom stereocenters. The Bertz CT molecular complexity index is 985. The number of alkyl carbamates (subject to hydrolysis) is 1. The van der Waals surface area contributed by atoms with Gasteiger partial charge in [-0.1, -0.05) is 42.1 Å². The van der Waals surface area contributed by atoms with Crippen LogP contribution in [-0.2, 0) is 9.47 Å². The standard InChI is InChI=1S/C21H23N5O4S/c1-29-17-15-16(14(11-22-17)13-5-3-2-4-6-13)31-18(24-15)25-19(27)26-9-7-21(8-10-26)12-23-20(28)30-21/h2-6,11,15-16H,7-10,12H2,1H3,(H,23,28)(H,24,25,27). The highest BCUT2D eigenvalue weighted by atomic mass is 32.2. The van der Waals surface area contributed by atoms with Crippen molar-refractivity contribution in [3.63, 3.8) is 0 Å². The number of amides is 3. The summed E-state index contributed by atoms with van der Waals surface area (Å²) in [5.41, 5.74) is 1.65. The number of fused-ring (bicyclic) bond motifs is 1. The van der Waals surface area contributed by atoms with Crippen LogP contribution in [-0.4, -0.2) is 71.7 Å². The fourth-order valence-corrected chi connectivity index (χ4v) is 5.48. The number of benzene rings is 1. The van der Waals surface area contributed by atoms with Crippen LogP contribution in [0.5, 0.6) is 0 Å². The first kappa shape index (κ1) is 19.9. The van der Waals surface area contributed by atoms with Crippen LogP contribution in [0.2, 0.25) is 0 Å². The monoisotopic (exact) mass is 441 g/mol. The van der Waals surface area contributed by atoms with E-state index in [1.54, 1.807) is 12.0 Å². The van der Waals surface area contributed by atoms with Crippen molar-refractivity contribution in [2.75, 3.05) is 26.7 Å². The van der Waals surface area contributed by atoms with E-state index < -0.39 is 5.60 Å². The first-order valence-corrected chi connectivity index (χ1v) is 11.1. The summed E-state index contributed by atoms with van der Waals surface area (Å²) in [4.78, 5) is 35.1. The maximum absolute atomic E-state index is 12.9. The SMILES string of the molecule is COC1=NC=C(c2ccccc2)C2SC(NC(=O)N3CCC4(CC3)CNC(=O)O4)=NC12. The lowest BCUT2D eigenvalue weighted by atomic mass is 9.92. The van der Waals surface area contributed by atoms with E-state index in [-0.39, 0.29) is 23.4 Å². The zero-order valence-corrected chi connectivity index (χ0v) is 17.9. The Balaban J connectivity index is 1.25. The number of hydrogen-bond donors (Lipinski definition) is 2. The Kier molecular flexibility index (Phi) is 5.09. The van der Waals surface area contributed by atoms with Gasteiger partial charge in [0.1, 0.15) is 11.6 Å². The summed E-state index contributed by atoms with van der Waals surface area (Å²) in [6, 6.07) is 9.57. The first-order valence-electron chi connectivity index (χ1n) is 10.2. The topological polar surface area (TPSA) is 105 Å². The minimum Gasteiger partial charge on any atom is -0.482 e. The average Bonchev–Trinajstić information content (AvgIpc) is 3.37. The maximum Gasteiger partial charge on any atom is 0.407 e. The Morgan fingerprint density at radius 2 is 2.10 bits per heavy atom. The number of methoxy groups -OCH3 is 1. The van der Waals surface area contributed by atoms with Crippen molar-refractivity contribution in [1.29, 1.82) is 0 Å². The second kappa shape index (κ2) is 7.92. The van der Waals surface area contributed by atoms with Gasteiger partial charge in [0.2, 0.25) is 5.90 Å². The highest BCUT2D eigenvalue weighted by molar-refractivity contribution is 8.15. The largest absolute Gasteiger partial charge is 0.482 e. The number of amidine groups is 1. The van der Waals surface area contributed by atoms with Crippen LogP contribution in [0.1, 0.15) is 18.4 Å². The number of likely N-dealkylation sites (tertiary alicyclic amines) is 1. The third-order valence-corrected chi connectivity index (χ3v) is 7.22. The molecule has 4 heterocycles. The molecule has 2 unspecified atom stereocenters. The Morgan fingerprint density at radius 3 is 2.77 bits per heavy atom. The zero-order valence-electron chi connectivity index (χ0n) is 17.0. The summed E-state index contributed by atoms with van der Waals surface area (Å²) < 4.78 is 10.9. The molecule has 2 saturated heterocycles. The summed E-state index contributed by atoms with van der Waals surface area (Å²) in [5.74, 6) is 0.539. The van der Waals surface area contributed by atoms with Crippen LogP contribution in [0.15, 0.2) is 46.5 Å². The second-order valence-electron chi connectivity index (χ2n) is 7.88. The molecule has 0 bridgehead atoms. The molecule has 0 aromatic heterocycles. The summed E-state index contributed by atoms with van der Waals surface area (Å²) in [6.45, 7) is 1.54. The van der Waals surface area contributed by atoms with Crippen molar-refractivity contribution in [1.82, 2.24) is 15.5 Å². The predicted octanol–water partition coefficient (Wildman–Crippen LogP) is 2.21. The summed E-state index contributed by atoms with van der Waals surface area (Å²) >= 11 is 1.51. The van der Waals surface area contributed by atoms with E-state index in [1.807, 2.05) is 36.5 Å². The van der Waals surface area contributed by atoms with Gasteiger partial charge in [-0.25, -0.2) is 19.6 Å². The van der Waals surface area contributed by atoms with Gasteiger partial charge in [0.15, 0.2) is 5.17 Å². The third-order valence-electron chi connectivity index (χ3n) is 6.03. The minimum absolute atomic E-state index is 0.0150. The van der Waals surface area contributed by atoms with E-state index in [4.69, 9.17) is 14.5 Å². The number of urea groups is 1. The molecule has 3 amide bonds. The fraction of sp³-hybridized carbons (Fsp3) is 0.429. The van der Waals surface area contributed by atoms with Gasteiger partial charge in [-0.15, -0.1) is 0 Å². The maximum atomic E-state index is 12.9. The van der Waals surface area contributed by atoms with Crippen LogP contribution < -0.4 is 10.6 Å². The highest BCUT2D eigenvalue weighted by Crippen LogP contribution is 2.39. The molecule has 2 N–H and O–H groups in total. The lowest BCUT2D eigenvalue weighted by Gasteiger charge is -2.36. The van der Waals surface area contributed by atoms with E-state index in [0.29, 0.717) is 43.5 Å². The quantitative estimate of drug-likeness (QED) is 0.695. The number of thioether (sulfide) groups is 1. The molecule has 1 aromatic rings. The summed E-state index contributed by atoms with van der Waals surface area (Å²) in [5, 5.41) is 6.20. The molecule has 2 fully saturated rings. The number of carbonyl (C=O) groups excluding carboxylic acids is 2. The van der Waals surface area contributed by atoms with Crippen molar-refractivity contribution in [3.05, 3.63) is 42.1 Å². The average molecular weight is 442 g/mol. The molecule has 31 heavy (non-hydrogen) atoms. The molecule has 162 valence electrons. The Morgan fingerprint density at radius 1 is 1.32 bits per heavy atom. The molecular formula is C21H23N5O4S. The normalized spacial score (nSPS) is 26.3. The molecule has 1 spiro atoms. The van der Waals surface area contributed by atoms with Gasteiger partial charge in [-0.3, -0.25) is 5.32 Å². The number of nitrogens with zero attached hydrogens (tertiary/aromatic N) is 3. The van der Waals surface area contributed by atoms with Gasteiger partial charge < -0.3 is 19.7 Å². The first-order chi connectivity index (χ1) is 15.1. The molecule has 1 aromatic carbocycles. The number of nitrogens with one attached hydrogen (secondary N) is 2. The molecule has 0 aliphatic carbocycles. The number of aliphatic imine (C=N–C) groups is 2. The molecule has 4 aliphatic heterocycles.